The van der Waals surface area contributed by atoms with Crippen molar-refractivity contribution in [1.82, 2.24) is 9.88 Å². The number of carbonyl (C=O) groups is 1. The Balaban J connectivity index is 1.69. The van der Waals surface area contributed by atoms with Crippen molar-refractivity contribution in [2.75, 3.05) is 6.54 Å². The van der Waals surface area contributed by atoms with Gasteiger partial charge in [-0.1, -0.05) is 24.3 Å². The van der Waals surface area contributed by atoms with Gasteiger partial charge in [0.2, 0.25) is 6.23 Å². The summed E-state index contributed by atoms with van der Waals surface area (Å²) < 4.78 is 6.22. The molecule has 3 aromatic rings. The van der Waals surface area contributed by atoms with E-state index in [-0.39, 0.29) is 12.1 Å². The zero-order valence-electron chi connectivity index (χ0n) is 12.8. The van der Waals surface area contributed by atoms with E-state index in [0.29, 0.717) is 17.9 Å². The van der Waals surface area contributed by atoms with Gasteiger partial charge in [0, 0.05) is 17.4 Å². The van der Waals surface area contributed by atoms with Gasteiger partial charge in [-0.05, 0) is 42.7 Å². The van der Waals surface area contributed by atoms with Gasteiger partial charge in [-0.15, -0.1) is 0 Å². The van der Waals surface area contributed by atoms with Crippen LogP contribution in [0.3, 0.4) is 0 Å². The highest BCUT2D eigenvalue weighted by atomic mass is 16.5. The third-order valence-electron chi connectivity index (χ3n) is 4.85. The normalized spacial score (nSPS) is 19.1. The molecule has 3 heterocycles. The predicted octanol–water partition coefficient (Wildman–Crippen LogP) is 3.57. The Labute approximate surface area is 133 Å². The Kier molecular flexibility index (Phi) is 2.43. The number of nitrogens with one attached hydrogen (secondary N) is 1. The van der Waals surface area contributed by atoms with E-state index in [9.17, 15) is 4.79 Å². The van der Waals surface area contributed by atoms with E-state index in [1.165, 1.54) is 10.9 Å². The quantitative estimate of drug-likeness (QED) is 0.690. The number of carbonyl (C=O) groups excluding carboxylic acids is 1. The van der Waals surface area contributed by atoms with E-state index in [2.05, 4.69) is 17.1 Å². The summed E-state index contributed by atoms with van der Waals surface area (Å²) in [6, 6.07) is 14.0. The lowest BCUT2D eigenvalue weighted by molar-refractivity contribution is 0.00200. The molecule has 2 aromatic carbocycles. The Morgan fingerprint density at radius 2 is 2.09 bits per heavy atom. The summed E-state index contributed by atoms with van der Waals surface area (Å²) in [6.07, 6.45) is 0.500. The van der Waals surface area contributed by atoms with E-state index in [4.69, 9.17) is 4.74 Å². The maximum Gasteiger partial charge on any atom is 0.260 e. The number of fused-ring (bicyclic) bond motifs is 6. The number of rotatable bonds is 0. The number of nitrogens with zero attached hydrogens (tertiary/aromatic N) is 1. The monoisotopic (exact) mass is 304 g/mol. The molecule has 114 valence electrons. The molecule has 1 aromatic heterocycles. The number of H-pyrrole nitrogens is 1. The highest BCUT2D eigenvalue weighted by Crippen LogP contribution is 2.41. The molecule has 2 aliphatic rings. The summed E-state index contributed by atoms with van der Waals surface area (Å²) in [5, 5.41) is 1.23. The van der Waals surface area contributed by atoms with Gasteiger partial charge < -0.3 is 9.72 Å². The van der Waals surface area contributed by atoms with Gasteiger partial charge in [0.1, 0.15) is 5.75 Å². The fourth-order valence-electron chi connectivity index (χ4n) is 3.72. The number of hydrogen-bond acceptors (Lipinski definition) is 2. The van der Waals surface area contributed by atoms with Gasteiger partial charge in [-0.2, -0.15) is 0 Å². The van der Waals surface area contributed by atoms with Crippen LogP contribution in [0.4, 0.5) is 0 Å². The van der Waals surface area contributed by atoms with Crippen molar-refractivity contribution in [3.8, 4) is 5.75 Å². The molecule has 0 spiro atoms. The standard InChI is InChI=1S/C19H16N2O2/c1-11-6-7-14-16(10-11)23-19-17-13(8-9-21(19)18(14)22)12-4-2-3-5-15(12)20-17/h2-7,10,19-20H,8-9H2,1H3. The Bertz CT molecular complexity index is 957. The van der Waals surface area contributed by atoms with Crippen molar-refractivity contribution in [3.63, 3.8) is 0 Å². The molecule has 0 aliphatic carbocycles. The third-order valence-corrected chi connectivity index (χ3v) is 4.85. The number of benzene rings is 2. The summed E-state index contributed by atoms with van der Waals surface area (Å²) in [7, 11) is 0. The largest absolute Gasteiger partial charge is 0.464 e. The average molecular weight is 304 g/mol. The van der Waals surface area contributed by atoms with Gasteiger partial charge in [0.25, 0.3) is 5.91 Å². The first-order chi connectivity index (χ1) is 11.2. The molecule has 5 rings (SSSR count). The maximum absolute atomic E-state index is 12.8. The maximum atomic E-state index is 12.8. The molecule has 1 amide bonds. The molecule has 1 unspecified atom stereocenters. The number of amides is 1. The topological polar surface area (TPSA) is 45.3 Å². The van der Waals surface area contributed by atoms with E-state index < -0.39 is 0 Å². The summed E-state index contributed by atoms with van der Waals surface area (Å²) in [5.41, 5.74) is 5.14. The van der Waals surface area contributed by atoms with Crippen molar-refractivity contribution < 1.29 is 9.53 Å². The lowest BCUT2D eigenvalue weighted by Crippen LogP contribution is -2.45. The first kappa shape index (κ1) is 12.8. The minimum Gasteiger partial charge on any atom is -0.464 e. The number of aryl methyl sites for hydroxylation is 1. The highest BCUT2D eigenvalue weighted by molar-refractivity contribution is 5.98. The van der Waals surface area contributed by atoms with Crippen LogP contribution in [0.1, 0.15) is 33.4 Å². The van der Waals surface area contributed by atoms with Crippen LogP contribution in [0.2, 0.25) is 0 Å². The van der Waals surface area contributed by atoms with Crippen molar-refractivity contribution in [2.45, 2.75) is 19.6 Å². The smallest absolute Gasteiger partial charge is 0.260 e. The molecule has 0 radical (unpaired) electrons. The van der Waals surface area contributed by atoms with Crippen molar-refractivity contribution in [3.05, 3.63) is 64.8 Å². The molecule has 23 heavy (non-hydrogen) atoms. The van der Waals surface area contributed by atoms with Gasteiger partial charge in [-0.25, -0.2) is 0 Å². The van der Waals surface area contributed by atoms with Gasteiger partial charge >= 0.3 is 0 Å². The van der Waals surface area contributed by atoms with Crippen molar-refractivity contribution >= 4 is 16.8 Å². The van der Waals surface area contributed by atoms with Crippen LogP contribution in [0.5, 0.6) is 5.75 Å². The zero-order chi connectivity index (χ0) is 15.6. The van der Waals surface area contributed by atoms with Crippen molar-refractivity contribution in [2.24, 2.45) is 0 Å². The number of aromatic amines is 1. The van der Waals surface area contributed by atoms with Crippen LogP contribution >= 0.6 is 0 Å². The molecule has 0 fully saturated rings. The van der Waals surface area contributed by atoms with E-state index in [1.807, 2.05) is 42.2 Å². The molecule has 1 N–H and O–H groups in total. The lowest BCUT2D eigenvalue weighted by atomic mass is 9.99. The van der Waals surface area contributed by atoms with Gasteiger partial charge in [0.15, 0.2) is 0 Å². The second-order valence-corrected chi connectivity index (χ2v) is 6.28. The SMILES string of the molecule is Cc1ccc2c(c1)OC1c3[nH]c4ccccc4c3CCN1C2=O. The fraction of sp³-hybridized carbons (Fsp3) is 0.211. The minimum absolute atomic E-state index is 0.0561. The Morgan fingerprint density at radius 1 is 1.22 bits per heavy atom. The number of para-hydroxylation sites is 1. The molecule has 1 atom stereocenters. The zero-order valence-corrected chi connectivity index (χ0v) is 12.8. The first-order valence-corrected chi connectivity index (χ1v) is 7.90. The average Bonchev–Trinajstić information content (AvgIpc) is 2.94. The summed E-state index contributed by atoms with van der Waals surface area (Å²) >= 11 is 0. The van der Waals surface area contributed by atoms with E-state index in [0.717, 1.165) is 23.2 Å². The summed E-state index contributed by atoms with van der Waals surface area (Å²) in [6.45, 7) is 2.70. The second kappa shape index (κ2) is 4.38. The molecular weight excluding hydrogens is 288 g/mol. The molecule has 4 heteroatoms. The summed E-state index contributed by atoms with van der Waals surface area (Å²) in [5.74, 6) is 0.739. The van der Waals surface area contributed by atoms with Crippen LogP contribution in [0, 0.1) is 6.92 Å². The van der Waals surface area contributed by atoms with Gasteiger partial charge in [-0.3, -0.25) is 9.69 Å². The highest BCUT2D eigenvalue weighted by Gasteiger charge is 2.39. The van der Waals surface area contributed by atoms with E-state index >= 15 is 0 Å². The molecule has 2 aliphatic heterocycles. The lowest BCUT2D eigenvalue weighted by Gasteiger charge is -2.39. The fourth-order valence-corrected chi connectivity index (χ4v) is 3.72. The third kappa shape index (κ3) is 1.69. The Morgan fingerprint density at radius 3 is 3.00 bits per heavy atom. The second-order valence-electron chi connectivity index (χ2n) is 6.28. The Hall–Kier alpha value is -2.75. The van der Waals surface area contributed by atoms with Crippen LogP contribution in [0.15, 0.2) is 42.5 Å². The molecular formula is C19H16N2O2. The van der Waals surface area contributed by atoms with Crippen LogP contribution in [-0.4, -0.2) is 22.3 Å². The molecule has 4 nitrogen and oxygen atoms in total. The first-order valence-electron chi connectivity index (χ1n) is 7.90. The van der Waals surface area contributed by atoms with Crippen LogP contribution in [-0.2, 0) is 6.42 Å². The number of ether oxygens (including phenoxy) is 1. The predicted molar refractivity (Wildman–Crippen MR) is 87.6 cm³/mol. The van der Waals surface area contributed by atoms with Crippen molar-refractivity contribution in [1.29, 1.82) is 0 Å². The van der Waals surface area contributed by atoms with Crippen LogP contribution < -0.4 is 4.74 Å². The van der Waals surface area contributed by atoms with Gasteiger partial charge in [0.05, 0.1) is 11.3 Å². The number of aromatic nitrogens is 1. The van der Waals surface area contributed by atoms with E-state index in [1.54, 1.807) is 0 Å². The minimum atomic E-state index is -0.354. The number of hydrogen-bond donors (Lipinski definition) is 1. The molecule has 0 saturated carbocycles. The molecule has 0 bridgehead atoms. The van der Waals surface area contributed by atoms with Crippen LogP contribution in [0.25, 0.3) is 10.9 Å². The molecule has 0 saturated heterocycles. The summed E-state index contributed by atoms with van der Waals surface area (Å²) in [4.78, 5) is 18.1.